The molecule has 2 heterocycles. The first-order valence-electron chi connectivity index (χ1n) is 3.03. The molecule has 2 aromatic heterocycles. The van der Waals surface area contributed by atoms with Crippen molar-refractivity contribution in [2.45, 2.75) is 0 Å². The fraction of sp³-hybridized carbons (Fsp3) is 0. The Labute approximate surface area is 75.0 Å². The summed E-state index contributed by atoms with van der Waals surface area (Å²) in [7, 11) is 0. The summed E-state index contributed by atoms with van der Waals surface area (Å²) < 4.78 is 1.72. The van der Waals surface area contributed by atoms with E-state index in [2.05, 4.69) is 20.9 Å². The smallest absolute Gasteiger partial charge is 0.265 e. The van der Waals surface area contributed by atoms with Crippen molar-refractivity contribution in [1.29, 1.82) is 0 Å². The van der Waals surface area contributed by atoms with E-state index in [1.54, 1.807) is 6.20 Å². The van der Waals surface area contributed by atoms with Crippen molar-refractivity contribution < 1.29 is 0 Å². The van der Waals surface area contributed by atoms with E-state index in [-0.39, 0.29) is 5.56 Å². The van der Waals surface area contributed by atoms with Crippen LogP contribution in [0.5, 0.6) is 0 Å². The molecule has 11 heavy (non-hydrogen) atoms. The van der Waals surface area contributed by atoms with Gasteiger partial charge in [0.1, 0.15) is 4.70 Å². The summed E-state index contributed by atoms with van der Waals surface area (Å²) >= 11 is 4.80. The number of rotatable bonds is 0. The van der Waals surface area contributed by atoms with E-state index in [1.807, 2.05) is 11.4 Å². The predicted octanol–water partition coefficient (Wildman–Crippen LogP) is 2.35. The molecule has 0 fully saturated rings. The van der Waals surface area contributed by atoms with Crippen LogP contribution in [-0.2, 0) is 0 Å². The number of nitrogens with one attached hydrogen (secondary N) is 1. The lowest BCUT2D eigenvalue weighted by Gasteiger charge is -1.90. The Hall–Kier alpha value is -0.610. The molecule has 2 rings (SSSR count). The summed E-state index contributed by atoms with van der Waals surface area (Å²) in [5.74, 6) is 0. The van der Waals surface area contributed by atoms with Crippen LogP contribution in [-0.4, -0.2) is 4.98 Å². The molecule has 0 bridgehead atoms. The second-order valence-corrected chi connectivity index (χ2v) is 3.90. The van der Waals surface area contributed by atoms with Crippen LogP contribution in [0.1, 0.15) is 0 Å². The lowest BCUT2D eigenvalue weighted by atomic mass is 10.3. The number of aromatic amines is 1. The summed E-state index contributed by atoms with van der Waals surface area (Å²) in [6, 6.07) is 1.93. The number of halogens is 1. The quantitative estimate of drug-likeness (QED) is 0.740. The Morgan fingerprint density at radius 1 is 1.55 bits per heavy atom. The maximum Gasteiger partial charge on any atom is 0.265 e. The molecule has 0 saturated heterocycles. The van der Waals surface area contributed by atoms with Gasteiger partial charge in [0.15, 0.2) is 0 Å². The standard InChI is InChI=1S/C7H4BrNOS/c8-5-3-9-7(10)6-4(5)1-2-11-6/h1-3H,(H,9,10). The van der Waals surface area contributed by atoms with Crippen LogP contribution >= 0.6 is 27.3 Å². The molecule has 0 unspecified atom stereocenters. The van der Waals surface area contributed by atoms with E-state index in [0.717, 1.165) is 14.6 Å². The average molecular weight is 230 g/mol. The average Bonchev–Trinajstić information content (AvgIpc) is 2.45. The normalized spacial score (nSPS) is 10.6. The van der Waals surface area contributed by atoms with Gasteiger partial charge in [-0.3, -0.25) is 4.79 Å². The minimum absolute atomic E-state index is 0.0156. The van der Waals surface area contributed by atoms with Crippen LogP contribution in [0.3, 0.4) is 0 Å². The fourth-order valence-electron chi connectivity index (χ4n) is 0.945. The molecule has 0 aliphatic heterocycles. The van der Waals surface area contributed by atoms with E-state index in [0.29, 0.717) is 0 Å². The first-order chi connectivity index (χ1) is 5.29. The minimum Gasteiger partial charge on any atom is -0.327 e. The summed E-state index contributed by atoms with van der Waals surface area (Å²) in [6.45, 7) is 0. The highest BCUT2D eigenvalue weighted by atomic mass is 79.9. The molecule has 4 heteroatoms. The number of hydrogen-bond acceptors (Lipinski definition) is 2. The number of H-pyrrole nitrogens is 1. The third kappa shape index (κ3) is 1.02. The van der Waals surface area contributed by atoms with Crippen LogP contribution in [0.2, 0.25) is 0 Å². The number of pyridine rings is 1. The van der Waals surface area contributed by atoms with Crippen molar-refractivity contribution in [3.63, 3.8) is 0 Å². The molecule has 2 nitrogen and oxygen atoms in total. The molecule has 0 atom stereocenters. The van der Waals surface area contributed by atoms with Gasteiger partial charge in [-0.1, -0.05) is 0 Å². The van der Waals surface area contributed by atoms with Gasteiger partial charge in [0, 0.05) is 16.1 Å². The Balaban J connectivity index is 3.08. The number of hydrogen-bond donors (Lipinski definition) is 1. The van der Waals surface area contributed by atoms with Gasteiger partial charge in [0.25, 0.3) is 5.56 Å². The van der Waals surface area contributed by atoms with Crippen molar-refractivity contribution >= 4 is 37.4 Å². The first-order valence-corrected chi connectivity index (χ1v) is 4.70. The maximum absolute atomic E-state index is 11.1. The molecular formula is C7H4BrNOS. The predicted molar refractivity (Wildman–Crippen MR) is 50.1 cm³/mol. The summed E-state index contributed by atoms with van der Waals surface area (Å²) in [4.78, 5) is 13.8. The Bertz CT molecular complexity index is 445. The van der Waals surface area contributed by atoms with Gasteiger partial charge in [-0.25, -0.2) is 0 Å². The highest BCUT2D eigenvalue weighted by Gasteiger charge is 2.01. The molecule has 1 N–H and O–H groups in total. The highest BCUT2D eigenvalue weighted by Crippen LogP contribution is 2.23. The topological polar surface area (TPSA) is 32.9 Å². The van der Waals surface area contributed by atoms with Crippen LogP contribution in [0.15, 0.2) is 26.9 Å². The summed E-state index contributed by atoms with van der Waals surface area (Å²) in [5, 5.41) is 2.89. The van der Waals surface area contributed by atoms with Crippen molar-refractivity contribution in [3.8, 4) is 0 Å². The number of fused-ring (bicyclic) bond motifs is 1. The van der Waals surface area contributed by atoms with E-state index in [9.17, 15) is 4.79 Å². The molecule has 0 aromatic carbocycles. The van der Waals surface area contributed by atoms with Gasteiger partial charge in [0.05, 0.1) is 0 Å². The monoisotopic (exact) mass is 229 g/mol. The van der Waals surface area contributed by atoms with E-state index in [4.69, 9.17) is 0 Å². The summed E-state index contributed by atoms with van der Waals surface area (Å²) in [6.07, 6.45) is 1.66. The van der Waals surface area contributed by atoms with E-state index >= 15 is 0 Å². The Morgan fingerprint density at radius 2 is 2.36 bits per heavy atom. The SMILES string of the molecule is O=c1[nH]cc(Br)c2ccsc12. The van der Waals surface area contributed by atoms with Gasteiger partial charge >= 0.3 is 0 Å². The Morgan fingerprint density at radius 3 is 3.09 bits per heavy atom. The van der Waals surface area contributed by atoms with Crippen LogP contribution < -0.4 is 5.56 Å². The maximum atomic E-state index is 11.1. The third-order valence-electron chi connectivity index (χ3n) is 1.46. The molecule has 56 valence electrons. The molecule has 0 saturated carbocycles. The molecule has 0 radical (unpaired) electrons. The second kappa shape index (κ2) is 2.46. The van der Waals surface area contributed by atoms with Crippen molar-refractivity contribution in [3.05, 3.63) is 32.5 Å². The first kappa shape index (κ1) is 7.06. The van der Waals surface area contributed by atoms with E-state index in [1.165, 1.54) is 11.3 Å². The van der Waals surface area contributed by atoms with E-state index < -0.39 is 0 Å². The van der Waals surface area contributed by atoms with Gasteiger partial charge in [-0.2, -0.15) is 0 Å². The number of thiophene rings is 1. The molecular weight excluding hydrogens is 226 g/mol. The van der Waals surface area contributed by atoms with Crippen molar-refractivity contribution in [2.24, 2.45) is 0 Å². The molecule has 2 aromatic rings. The molecule has 0 aliphatic rings. The van der Waals surface area contributed by atoms with Crippen molar-refractivity contribution in [1.82, 2.24) is 4.98 Å². The Kier molecular flexibility index (Phi) is 1.58. The zero-order chi connectivity index (χ0) is 7.84. The van der Waals surface area contributed by atoms with Gasteiger partial charge < -0.3 is 4.98 Å². The number of aromatic nitrogens is 1. The lowest BCUT2D eigenvalue weighted by molar-refractivity contribution is 1.27. The zero-order valence-corrected chi connectivity index (χ0v) is 7.83. The minimum atomic E-state index is -0.0156. The van der Waals surface area contributed by atoms with Gasteiger partial charge in [0.2, 0.25) is 0 Å². The molecule has 0 spiro atoms. The lowest BCUT2D eigenvalue weighted by Crippen LogP contribution is -2.02. The van der Waals surface area contributed by atoms with Gasteiger partial charge in [-0.05, 0) is 27.4 Å². The largest absolute Gasteiger partial charge is 0.327 e. The van der Waals surface area contributed by atoms with Crippen LogP contribution in [0, 0.1) is 0 Å². The third-order valence-corrected chi connectivity index (χ3v) is 3.03. The van der Waals surface area contributed by atoms with Crippen molar-refractivity contribution in [2.75, 3.05) is 0 Å². The molecule has 0 amide bonds. The summed E-state index contributed by atoms with van der Waals surface area (Å²) in [5.41, 5.74) is -0.0156. The fourth-order valence-corrected chi connectivity index (χ4v) is 2.33. The zero-order valence-electron chi connectivity index (χ0n) is 5.43. The molecule has 0 aliphatic carbocycles. The second-order valence-electron chi connectivity index (χ2n) is 2.13. The van der Waals surface area contributed by atoms with Gasteiger partial charge in [-0.15, -0.1) is 11.3 Å². The highest BCUT2D eigenvalue weighted by molar-refractivity contribution is 9.10. The van der Waals surface area contributed by atoms with Crippen LogP contribution in [0.4, 0.5) is 0 Å². The van der Waals surface area contributed by atoms with Crippen LogP contribution in [0.25, 0.3) is 10.1 Å².